The van der Waals surface area contributed by atoms with Crippen molar-refractivity contribution in [3.05, 3.63) is 0 Å². The summed E-state index contributed by atoms with van der Waals surface area (Å²) in [5, 5.41) is 16.8. The SMILES string of the molecule is CCCCCCOCCCCC.OCCOCCOCCOCCOCCO. The van der Waals surface area contributed by atoms with Gasteiger partial charge in [0.25, 0.3) is 0 Å². The normalized spacial score (nSPS) is 10.7. The zero-order valence-corrected chi connectivity index (χ0v) is 18.4. The molecule has 172 valence electrons. The van der Waals surface area contributed by atoms with E-state index < -0.39 is 0 Å². The van der Waals surface area contributed by atoms with Gasteiger partial charge in [0.1, 0.15) is 0 Å². The molecule has 0 heterocycles. The molecule has 0 aromatic rings. The average molecular weight is 411 g/mol. The van der Waals surface area contributed by atoms with Gasteiger partial charge in [0.05, 0.1) is 66.1 Å². The first-order chi connectivity index (χ1) is 13.8. The van der Waals surface area contributed by atoms with Gasteiger partial charge >= 0.3 is 0 Å². The third-order valence-corrected chi connectivity index (χ3v) is 3.62. The van der Waals surface area contributed by atoms with Gasteiger partial charge in [-0.15, -0.1) is 0 Å². The van der Waals surface area contributed by atoms with Crippen LogP contribution in [0.4, 0.5) is 0 Å². The summed E-state index contributed by atoms with van der Waals surface area (Å²) in [4.78, 5) is 0. The first-order valence-electron chi connectivity index (χ1n) is 10.9. The molecule has 0 radical (unpaired) electrons. The second-order valence-electron chi connectivity index (χ2n) is 6.28. The molecule has 0 aromatic heterocycles. The summed E-state index contributed by atoms with van der Waals surface area (Å²) < 4.78 is 25.9. The van der Waals surface area contributed by atoms with Crippen LogP contribution in [0.15, 0.2) is 0 Å². The molecule has 2 N–H and O–H groups in total. The van der Waals surface area contributed by atoms with Crippen LogP contribution in [-0.2, 0) is 23.7 Å². The number of ether oxygens (including phenoxy) is 5. The summed E-state index contributed by atoms with van der Waals surface area (Å²) in [7, 11) is 0. The van der Waals surface area contributed by atoms with E-state index in [1.165, 1.54) is 44.9 Å². The fourth-order valence-electron chi connectivity index (χ4n) is 2.08. The van der Waals surface area contributed by atoms with Crippen LogP contribution >= 0.6 is 0 Å². The molecule has 28 heavy (non-hydrogen) atoms. The third-order valence-electron chi connectivity index (χ3n) is 3.62. The van der Waals surface area contributed by atoms with Crippen LogP contribution in [0, 0.1) is 0 Å². The molecular weight excluding hydrogens is 364 g/mol. The van der Waals surface area contributed by atoms with Crippen molar-refractivity contribution < 1.29 is 33.9 Å². The molecule has 0 aliphatic heterocycles. The zero-order valence-electron chi connectivity index (χ0n) is 18.4. The maximum Gasteiger partial charge on any atom is 0.0701 e. The Morgan fingerprint density at radius 1 is 0.393 bits per heavy atom. The van der Waals surface area contributed by atoms with E-state index in [9.17, 15) is 0 Å². The standard InChI is InChI=1S/C11H24O.C10H22O6/c1-3-5-7-9-11-12-10-8-6-4-2;11-1-3-13-5-7-15-9-10-16-8-6-14-4-2-12/h3-11H2,1-2H3;11-12H,1-10H2. The number of aliphatic hydroxyl groups is 2. The van der Waals surface area contributed by atoms with Crippen LogP contribution in [0.5, 0.6) is 0 Å². The molecule has 0 unspecified atom stereocenters. The van der Waals surface area contributed by atoms with Gasteiger partial charge in [-0.2, -0.15) is 0 Å². The van der Waals surface area contributed by atoms with Gasteiger partial charge in [0.2, 0.25) is 0 Å². The Hall–Kier alpha value is -0.280. The Bertz CT molecular complexity index is 219. The Morgan fingerprint density at radius 2 is 0.714 bits per heavy atom. The van der Waals surface area contributed by atoms with Gasteiger partial charge in [-0.05, 0) is 12.8 Å². The van der Waals surface area contributed by atoms with Gasteiger partial charge < -0.3 is 33.9 Å². The van der Waals surface area contributed by atoms with Crippen LogP contribution < -0.4 is 0 Å². The summed E-state index contributed by atoms with van der Waals surface area (Å²) in [6, 6.07) is 0. The third kappa shape index (κ3) is 33.3. The molecular formula is C21H46O7. The van der Waals surface area contributed by atoms with Gasteiger partial charge in [0, 0.05) is 13.2 Å². The van der Waals surface area contributed by atoms with E-state index in [1.807, 2.05) is 0 Å². The number of hydrogen-bond donors (Lipinski definition) is 2. The summed E-state index contributed by atoms with van der Waals surface area (Å²) >= 11 is 0. The van der Waals surface area contributed by atoms with Crippen LogP contribution in [0.2, 0.25) is 0 Å². The van der Waals surface area contributed by atoms with Crippen molar-refractivity contribution in [1.82, 2.24) is 0 Å². The maximum atomic E-state index is 8.41. The van der Waals surface area contributed by atoms with Crippen molar-refractivity contribution in [1.29, 1.82) is 0 Å². The lowest BCUT2D eigenvalue weighted by Gasteiger charge is -2.06. The van der Waals surface area contributed by atoms with Crippen molar-refractivity contribution >= 4 is 0 Å². The molecule has 0 aliphatic carbocycles. The minimum absolute atomic E-state index is 0.0386. The summed E-state index contributed by atoms with van der Waals surface area (Å²) in [5.74, 6) is 0. The topological polar surface area (TPSA) is 86.6 Å². The van der Waals surface area contributed by atoms with E-state index in [1.54, 1.807) is 0 Å². The second kappa shape index (κ2) is 31.4. The van der Waals surface area contributed by atoms with Crippen molar-refractivity contribution in [2.24, 2.45) is 0 Å². The predicted octanol–water partition coefficient (Wildman–Crippen LogP) is 2.81. The predicted molar refractivity (Wildman–Crippen MR) is 112 cm³/mol. The Morgan fingerprint density at radius 3 is 1.11 bits per heavy atom. The second-order valence-corrected chi connectivity index (χ2v) is 6.28. The van der Waals surface area contributed by atoms with Crippen LogP contribution in [0.1, 0.15) is 58.8 Å². The Balaban J connectivity index is 0. The summed E-state index contributed by atoms with van der Waals surface area (Å²) in [6.45, 7) is 10.2. The van der Waals surface area contributed by atoms with E-state index in [2.05, 4.69) is 13.8 Å². The molecule has 0 amide bonds. The largest absolute Gasteiger partial charge is 0.394 e. The number of aliphatic hydroxyl groups excluding tert-OH is 2. The molecule has 0 spiro atoms. The molecule has 0 aliphatic rings. The lowest BCUT2D eigenvalue weighted by Crippen LogP contribution is -2.13. The van der Waals surface area contributed by atoms with Crippen LogP contribution in [-0.4, -0.2) is 89.5 Å². The molecule has 0 atom stereocenters. The fourth-order valence-corrected chi connectivity index (χ4v) is 2.08. The minimum atomic E-state index is 0.0386. The smallest absolute Gasteiger partial charge is 0.0701 e. The van der Waals surface area contributed by atoms with Gasteiger partial charge in [0.15, 0.2) is 0 Å². The summed E-state index contributed by atoms with van der Waals surface area (Å²) in [5.41, 5.74) is 0. The van der Waals surface area contributed by atoms with Crippen LogP contribution in [0.25, 0.3) is 0 Å². The van der Waals surface area contributed by atoms with Gasteiger partial charge in [-0.25, -0.2) is 0 Å². The maximum absolute atomic E-state index is 8.41. The van der Waals surface area contributed by atoms with E-state index in [4.69, 9.17) is 33.9 Å². The minimum Gasteiger partial charge on any atom is -0.394 e. The molecule has 0 saturated carbocycles. The Kier molecular flexibility index (Phi) is 33.6. The van der Waals surface area contributed by atoms with E-state index in [0.717, 1.165) is 13.2 Å². The number of unbranched alkanes of at least 4 members (excludes halogenated alkanes) is 5. The summed E-state index contributed by atoms with van der Waals surface area (Å²) in [6.07, 6.45) is 9.11. The monoisotopic (exact) mass is 410 g/mol. The molecule has 0 fully saturated rings. The van der Waals surface area contributed by atoms with Crippen molar-refractivity contribution in [2.75, 3.05) is 79.3 Å². The molecule has 0 bridgehead atoms. The highest BCUT2D eigenvalue weighted by molar-refractivity contribution is 4.40. The van der Waals surface area contributed by atoms with Gasteiger partial charge in [-0.1, -0.05) is 46.0 Å². The molecule has 7 nitrogen and oxygen atoms in total. The Labute approximate surface area is 172 Å². The first kappa shape index (κ1) is 29.9. The van der Waals surface area contributed by atoms with Crippen molar-refractivity contribution in [3.8, 4) is 0 Å². The quantitative estimate of drug-likeness (QED) is 0.265. The highest BCUT2D eigenvalue weighted by Crippen LogP contribution is 2.00. The number of hydrogen-bond acceptors (Lipinski definition) is 7. The highest BCUT2D eigenvalue weighted by Gasteiger charge is 1.92. The van der Waals surface area contributed by atoms with Crippen molar-refractivity contribution in [2.45, 2.75) is 58.8 Å². The van der Waals surface area contributed by atoms with Crippen LogP contribution in [0.3, 0.4) is 0 Å². The molecule has 0 saturated heterocycles. The molecule has 7 heteroatoms. The molecule has 0 rings (SSSR count). The highest BCUT2D eigenvalue weighted by atomic mass is 16.6. The van der Waals surface area contributed by atoms with E-state index in [-0.39, 0.29) is 13.2 Å². The first-order valence-corrected chi connectivity index (χ1v) is 10.9. The van der Waals surface area contributed by atoms with E-state index in [0.29, 0.717) is 52.9 Å². The zero-order chi connectivity index (χ0) is 21.0. The number of rotatable bonds is 22. The van der Waals surface area contributed by atoms with Gasteiger partial charge in [-0.3, -0.25) is 0 Å². The van der Waals surface area contributed by atoms with E-state index >= 15 is 0 Å². The molecule has 0 aromatic carbocycles. The lowest BCUT2D eigenvalue weighted by atomic mass is 10.2. The lowest BCUT2D eigenvalue weighted by molar-refractivity contribution is -0.00856. The van der Waals surface area contributed by atoms with Crippen molar-refractivity contribution in [3.63, 3.8) is 0 Å². The average Bonchev–Trinajstić information content (AvgIpc) is 2.71. The fraction of sp³-hybridized carbons (Fsp3) is 1.00.